The van der Waals surface area contributed by atoms with Gasteiger partial charge in [-0.2, -0.15) is 13.2 Å². The molecule has 3 fully saturated rings. The summed E-state index contributed by atoms with van der Waals surface area (Å²) in [5.74, 6) is -0.309. The zero-order valence-corrected chi connectivity index (χ0v) is 33.0. The van der Waals surface area contributed by atoms with Crippen molar-refractivity contribution in [3.05, 3.63) is 124 Å². The number of halogens is 3. The molecule has 3 saturated carbocycles. The van der Waals surface area contributed by atoms with Gasteiger partial charge in [-0.15, -0.1) is 11.3 Å². The van der Waals surface area contributed by atoms with Crippen molar-refractivity contribution < 1.29 is 37.7 Å². The van der Waals surface area contributed by atoms with Crippen LogP contribution in [0, 0.1) is 33.5 Å². The predicted molar refractivity (Wildman–Crippen MR) is 214 cm³/mol. The highest BCUT2D eigenvalue weighted by atomic mass is 32.1. The third kappa shape index (κ3) is 5.87. The molecular weight excluding hydrogens is 748 g/mol. The van der Waals surface area contributed by atoms with E-state index in [1.54, 1.807) is 22.3 Å². The number of benzene rings is 3. The number of hydrogen-bond acceptors (Lipinski definition) is 6. The first-order valence-corrected chi connectivity index (χ1v) is 21.0. The van der Waals surface area contributed by atoms with E-state index in [1.165, 1.54) is 12.1 Å². The average molecular weight is 796 g/mol. The van der Waals surface area contributed by atoms with Crippen LogP contribution in [0.1, 0.15) is 79.6 Å². The molecule has 2 spiro atoms. The molecule has 2 N–H and O–H groups in total. The number of allylic oxidation sites excluding steroid dienone is 4. The van der Waals surface area contributed by atoms with E-state index in [2.05, 4.69) is 26.0 Å². The number of Topliss-reactive ketones (excluding diaryl/α,β-unsaturated/α-hetero) is 1. The topological polar surface area (TPSA) is 87.1 Å². The number of amides is 1. The second-order valence-corrected chi connectivity index (χ2v) is 18.9. The first kappa shape index (κ1) is 38.3. The summed E-state index contributed by atoms with van der Waals surface area (Å²) in [7, 11) is 0. The molecule has 6 nitrogen and oxygen atoms in total. The maximum Gasteiger partial charge on any atom is 0.416 e. The van der Waals surface area contributed by atoms with Crippen molar-refractivity contribution in [3.63, 3.8) is 0 Å². The molecule has 10 rings (SSSR count). The molecule has 0 radical (unpaired) electrons. The van der Waals surface area contributed by atoms with Crippen LogP contribution < -0.4 is 4.74 Å². The van der Waals surface area contributed by atoms with Crippen LogP contribution in [0.2, 0.25) is 0 Å². The number of nitrogens with zero attached hydrogens (tertiary/aromatic N) is 1. The van der Waals surface area contributed by atoms with Gasteiger partial charge in [0.1, 0.15) is 5.75 Å². The lowest BCUT2D eigenvalue weighted by atomic mass is 9.32. The standard InChI is InChI=1S/C47H48F3NO5S/c1-42-18-14-34(52)27-44(42)21-22-46(37(28-44)40(53)32-9-5-10-33(25-32)47(48,49)50)38(42)15-19-43(2)39(46)16-20-45(43,55)29-51(23-17-36-11-6-24-57-36)41(54)56-35-13-12-30-7-3-4-8-31(30)26-35/h3-13,21-22,24-26,28,34,38-39,52,55H,14-20,23,27,29H2,1-2H3/t34?,38-,39-,42-,43+,44+,45-,46-/m1/s1. The second kappa shape index (κ2) is 13.4. The molecule has 4 aromatic rings. The fraction of sp³-hybridized carbons (Fsp3) is 0.447. The van der Waals surface area contributed by atoms with E-state index >= 15 is 0 Å². The van der Waals surface area contributed by atoms with Crippen molar-refractivity contribution in [1.29, 1.82) is 0 Å². The number of aliphatic hydroxyl groups excluding tert-OH is 1. The van der Waals surface area contributed by atoms with Crippen LogP contribution >= 0.6 is 11.3 Å². The number of hydrogen-bond donors (Lipinski definition) is 2. The Morgan fingerprint density at radius 3 is 2.40 bits per heavy atom. The van der Waals surface area contributed by atoms with Crippen molar-refractivity contribution in [3.8, 4) is 5.75 Å². The molecule has 0 aliphatic heterocycles. The van der Waals surface area contributed by atoms with Gasteiger partial charge in [-0.1, -0.05) is 80.6 Å². The summed E-state index contributed by atoms with van der Waals surface area (Å²) in [4.78, 5) is 31.8. The number of ketones is 1. The summed E-state index contributed by atoms with van der Waals surface area (Å²) < 4.78 is 47.9. The fourth-order valence-corrected chi connectivity index (χ4v) is 12.9. The largest absolute Gasteiger partial charge is 0.416 e. The van der Waals surface area contributed by atoms with Crippen LogP contribution in [0.15, 0.2) is 108 Å². The summed E-state index contributed by atoms with van der Waals surface area (Å²) in [6, 6.07) is 22.1. The Hall–Kier alpha value is -4.25. The molecule has 6 aliphatic rings. The second-order valence-electron chi connectivity index (χ2n) is 17.8. The highest BCUT2D eigenvalue weighted by Crippen LogP contribution is 2.78. The Kier molecular flexibility index (Phi) is 9.00. The maximum atomic E-state index is 14.9. The molecule has 1 amide bonds. The smallest absolute Gasteiger partial charge is 0.410 e. The number of carbonyl (C=O) groups excluding carboxylic acids is 2. The van der Waals surface area contributed by atoms with E-state index in [4.69, 9.17) is 4.74 Å². The van der Waals surface area contributed by atoms with Crippen LogP contribution in [0.5, 0.6) is 5.75 Å². The van der Waals surface area contributed by atoms with E-state index in [0.717, 1.165) is 34.2 Å². The zero-order chi connectivity index (χ0) is 40.0. The summed E-state index contributed by atoms with van der Waals surface area (Å²) in [6.07, 6.45) is 5.26. The van der Waals surface area contributed by atoms with Crippen molar-refractivity contribution in [2.45, 2.75) is 83.1 Å². The molecule has 1 heterocycles. The summed E-state index contributed by atoms with van der Waals surface area (Å²) >= 11 is 1.61. The number of ether oxygens (including phenoxy) is 1. The van der Waals surface area contributed by atoms with Crippen molar-refractivity contribution in [1.82, 2.24) is 4.90 Å². The monoisotopic (exact) mass is 795 g/mol. The SMILES string of the molecule is C[C@]12CC[C@H]3[C@]4(C=C[C@@]5(C=C4C(=O)c4cccc(C(F)(F)F)c4)CC(O)CC[C@]35C)[C@@H]1CC[C@@]2(O)CN(CCc1cccs1)C(=O)Oc1ccc2ccccc2c1. The number of rotatable bonds is 8. The number of carbonyl (C=O) groups is 2. The Morgan fingerprint density at radius 2 is 1.63 bits per heavy atom. The molecule has 1 unspecified atom stereocenters. The Morgan fingerprint density at radius 1 is 0.877 bits per heavy atom. The molecule has 57 heavy (non-hydrogen) atoms. The van der Waals surface area contributed by atoms with E-state index in [9.17, 15) is 33.0 Å². The molecule has 0 saturated heterocycles. The third-order valence-electron chi connectivity index (χ3n) is 15.3. The van der Waals surface area contributed by atoms with Gasteiger partial charge in [-0.3, -0.25) is 4.79 Å². The summed E-state index contributed by atoms with van der Waals surface area (Å²) in [5.41, 5.74) is -4.35. The van der Waals surface area contributed by atoms with Gasteiger partial charge < -0.3 is 19.8 Å². The van der Waals surface area contributed by atoms with Gasteiger partial charge in [-0.05, 0) is 115 Å². The molecular formula is C47H48F3NO5S. The Bertz CT molecular complexity index is 2300. The minimum absolute atomic E-state index is 0.0173. The highest BCUT2D eigenvalue weighted by Gasteiger charge is 2.74. The minimum Gasteiger partial charge on any atom is -0.410 e. The van der Waals surface area contributed by atoms with Gasteiger partial charge in [0.2, 0.25) is 0 Å². The van der Waals surface area contributed by atoms with Gasteiger partial charge in [0.05, 0.1) is 23.8 Å². The summed E-state index contributed by atoms with van der Waals surface area (Å²) in [5, 5.41) is 28.1. The van der Waals surface area contributed by atoms with Gasteiger partial charge in [-0.25, -0.2) is 4.79 Å². The molecule has 298 valence electrons. The average Bonchev–Trinajstić information content (AvgIpc) is 3.81. The maximum absolute atomic E-state index is 14.9. The highest BCUT2D eigenvalue weighted by molar-refractivity contribution is 7.09. The van der Waals surface area contributed by atoms with Gasteiger partial charge in [0, 0.05) is 38.8 Å². The first-order valence-electron chi connectivity index (χ1n) is 20.2. The van der Waals surface area contributed by atoms with Crippen LogP contribution in [0.3, 0.4) is 0 Å². The summed E-state index contributed by atoms with van der Waals surface area (Å²) in [6.45, 7) is 4.70. The fourth-order valence-electron chi connectivity index (χ4n) is 12.2. The predicted octanol–water partition coefficient (Wildman–Crippen LogP) is 10.4. The molecule has 10 heteroatoms. The molecule has 3 aromatic carbocycles. The number of thiophene rings is 1. The van der Waals surface area contributed by atoms with E-state index < -0.39 is 51.6 Å². The lowest BCUT2D eigenvalue weighted by Gasteiger charge is -2.71. The van der Waals surface area contributed by atoms with E-state index in [1.807, 2.05) is 60.0 Å². The number of fused-ring (bicyclic) bond motifs is 2. The van der Waals surface area contributed by atoms with Crippen LogP contribution in [-0.2, 0) is 12.6 Å². The first-order chi connectivity index (χ1) is 27.1. The Labute approximate surface area is 335 Å². The van der Waals surface area contributed by atoms with E-state index in [-0.39, 0.29) is 29.4 Å². The van der Waals surface area contributed by atoms with Gasteiger partial charge in [0.25, 0.3) is 0 Å². The van der Waals surface area contributed by atoms with Crippen molar-refractivity contribution >= 4 is 34.0 Å². The lowest BCUT2D eigenvalue weighted by Crippen LogP contribution is -2.67. The van der Waals surface area contributed by atoms with Crippen molar-refractivity contribution in [2.75, 3.05) is 13.1 Å². The van der Waals surface area contributed by atoms with Crippen LogP contribution in [-0.4, -0.2) is 51.8 Å². The molecule has 6 aliphatic carbocycles. The molecule has 8 atom stereocenters. The molecule has 2 bridgehead atoms. The van der Waals surface area contributed by atoms with Crippen LogP contribution in [0.4, 0.5) is 18.0 Å². The number of aliphatic hydroxyl groups is 2. The van der Waals surface area contributed by atoms with Crippen molar-refractivity contribution in [2.24, 2.45) is 33.5 Å². The normalized spacial score (nSPS) is 33.9. The quantitative estimate of drug-likeness (QED) is 0.137. The minimum atomic E-state index is -4.61. The molecule has 1 aromatic heterocycles. The third-order valence-corrected chi connectivity index (χ3v) is 16.2. The van der Waals surface area contributed by atoms with E-state index in [0.29, 0.717) is 62.8 Å². The van der Waals surface area contributed by atoms with Gasteiger partial charge >= 0.3 is 12.3 Å². The Balaban J connectivity index is 1.09. The van der Waals surface area contributed by atoms with Gasteiger partial charge in [0.15, 0.2) is 5.78 Å². The lowest BCUT2D eigenvalue weighted by molar-refractivity contribution is -0.175. The number of alkyl halides is 3. The zero-order valence-electron chi connectivity index (χ0n) is 32.2. The van der Waals surface area contributed by atoms with Crippen LogP contribution in [0.25, 0.3) is 10.8 Å².